The molecule has 0 unspecified atom stereocenters. The molecule has 0 spiro atoms. The predicted molar refractivity (Wildman–Crippen MR) is 54.7 cm³/mol. The minimum atomic E-state index is 0.376. The fourth-order valence-corrected chi connectivity index (χ4v) is 3.46. The Kier molecular flexibility index (Phi) is 1.73. The molecule has 3 rings (SSSR count). The summed E-state index contributed by atoms with van der Waals surface area (Å²) in [6, 6.07) is 0.566. The molecular weight excluding hydrogens is 174 g/mol. The highest BCUT2D eigenvalue weighted by Gasteiger charge is 2.45. The molecule has 0 radical (unpaired) electrons. The minimum absolute atomic E-state index is 0.376. The second-order valence-electron chi connectivity index (χ2n) is 4.86. The first kappa shape index (κ1) is 8.51. The first-order valence-corrected chi connectivity index (χ1v) is 5.78. The van der Waals surface area contributed by atoms with E-state index in [1.54, 1.807) is 0 Å². The number of hydrogen-bond acceptors (Lipinski definition) is 2. The van der Waals surface area contributed by atoms with Crippen molar-refractivity contribution < 1.29 is 4.79 Å². The van der Waals surface area contributed by atoms with E-state index >= 15 is 0 Å². The van der Waals surface area contributed by atoms with Gasteiger partial charge in [0.15, 0.2) is 0 Å². The number of rotatable bonds is 1. The van der Waals surface area contributed by atoms with Gasteiger partial charge in [-0.05, 0) is 31.4 Å². The quantitative estimate of drug-likeness (QED) is 0.631. The molecule has 0 amide bonds. The van der Waals surface area contributed by atoms with Gasteiger partial charge in [-0.25, -0.2) is 0 Å². The zero-order chi connectivity index (χ0) is 9.71. The number of carbonyl (C=O) groups excluding carboxylic acids is 1. The number of carbonyl (C=O) groups is 1. The van der Waals surface area contributed by atoms with Crippen molar-refractivity contribution in [2.75, 3.05) is 6.54 Å². The molecule has 0 aromatic heterocycles. The van der Waals surface area contributed by atoms with E-state index in [4.69, 9.17) is 0 Å². The van der Waals surface area contributed by atoms with Crippen LogP contribution in [0, 0.1) is 11.8 Å². The van der Waals surface area contributed by atoms with Gasteiger partial charge in [0.2, 0.25) is 0 Å². The number of allylic oxidation sites excluding steroid dienone is 1. The molecule has 2 fully saturated rings. The van der Waals surface area contributed by atoms with Crippen molar-refractivity contribution in [3.8, 4) is 0 Å². The number of ketones is 1. The topological polar surface area (TPSA) is 20.3 Å². The third-order valence-corrected chi connectivity index (χ3v) is 4.24. The van der Waals surface area contributed by atoms with Crippen LogP contribution in [0.4, 0.5) is 0 Å². The second kappa shape index (κ2) is 2.85. The lowest BCUT2D eigenvalue weighted by molar-refractivity contribution is -0.126. The van der Waals surface area contributed by atoms with Crippen LogP contribution in [0.25, 0.3) is 0 Å². The molecule has 1 saturated carbocycles. The molecule has 2 aliphatic heterocycles. The van der Waals surface area contributed by atoms with E-state index in [1.807, 2.05) is 0 Å². The number of fused-ring (bicyclic) bond motifs is 1. The predicted octanol–water partition coefficient (Wildman–Crippen LogP) is 1.96. The number of hydrogen-bond donors (Lipinski definition) is 0. The highest BCUT2D eigenvalue weighted by atomic mass is 16.1. The molecule has 0 N–H and O–H groups in total. The van der Waals surface area contributed by atoms with Gasteiger partial charge in [0.1, 0.15) is 5.78 Å². The van der Waals surface area contributed by atoms with Crippen LogP contribution in [0.15, 0.2) is 11.8 Å². The van der Waals surface area contributed by atoms with Crippen LogP contribution in [-0.2, 0) is 4.79 Å². The zero-order valence-electron chi connectivity index (χ0n) is 8.70. The van der Waals surface area contributed by atoms with Gasteiger partial charge in [-0.2, -0.15) is 0 Å². The van der Waals surface area contributed by atoms with E-state index in [-0.39, 0.29) is 0 Å². The summed E-state index contributed by atoms with van der Waals surface area (Å²) in [5, 5.41) is 0. The van der Waals surface area contributed by atoms with E-state index < -0.39 is 0 Å². The van der Waals surface area contributed by atoms with Gasteiger partial charge in [0, 0.05) is 24.9 Å². The molecule has 2 heterocycles. The summed E-state index contributed by atoms with van der Waals surface area (Å²) in [4.78, 5) is 14.3. The fourth-order valence-electron chi connectivity index (χ4n) is 3.46. The van der Waals surface area contributed by atoms with Gasteiger partial charge in [-0.3, -0.25) is 4.79 Å². The first-order chi connectivity index (χ1) is 6.79. The molecule has 3 aliphatic rings. The van der Waals surface area contributed by atoms with E-state index in [1.165, 1.54) is 12.0 Å². The Morgan fingerprint density at radius 3 is 3.21 bits per heavy atom. The molecule has 1 aliphatic carbocycles. The molecule has 14 heavy (non-hydrogen) atoms. The third-order valence-electron chi connectivity index (χ3n) is 4.24. The number of Topliss-reactive ketones (excluding diaryl/α,β-unsaturated/α-hetero) is 1. The Morgan fingerprint density at radius 1 is 1.57 bits per heavy atom. The SMILES string of the molecule is CCC1=CN2CC[C@@H]3C(=O)C[C@H]1C[C@@H]32. The summed E-state index contributed by atoms with van der Waals surface area (Å²) in [7, 11) is 0. The Bertz CT molecular complexity index is 307. The molecule has 2 nitrogen and oxygen atoms in total. The number of nitrogens with zero attached hydrogens (tertiary/aromatic N) is 1. The van der Waals surface area contributed by atoms with Crippen molar-refractivity contribution >= 4 is 5.78 Å². The highest BCUT2D eigenvalue weighted by Crippen LogP contribution is 2.44. The molecule has 2 heteroatoms. The zero-order valence-corrected chi connectivity index (χ0v) is 8.70. The van der Waals surface area contributed by atoms with Crippen molar-refractivity contribution in [2.24, 2.45) is 11.8 Å². The van der Waals surface area contributed by atoms with Crippen LogP contribution in [0.3, 0.4) is 0 Å². The van der Waals surface area contributed by atoms with Gasteiger partial charge < -0.3 is 4.90 Å². The average molecular weight is 191 g/mol. The van der Waals surface area contributed by atoms with Gasteiger partial charge in [-0.1, -0.05) is 12.5 Å². The lowest BCUT2D eigenvalue weighted by Gasteiger charge is -2.40. The maximum absolute atomic E-state index is 11.9. The van der Waals surface area contributed by atoms with Crippen molar-refractivity contribution in [3.63, 3.8) is 0 Å². The Balaban J connectivity index is 2.00. The van der Waals surface area contributed by atoms with Crippen LogP contribution < -0.4 is 0 Å². The minimum Gasteiger partial charge on any atom is -0.374 e. The second-order valence-corrected chi connectivity index (χ2v) is 4.86. The van der Waals surface area contributed by atoms with Crippen LogP contribution in [-0.4, -0.2) is 23.3 Å². The Hall–Kier alpha value is -0.790. The van der Waals surface area contributed by atoms with Gasteiger partial charge in [0.25, 0.3) is 0 Å². The average Bonchev–Trinajstić information content (AvgIpc) is 2.61. The standard InChI is InChI=1S/C12H17NO/c1-2-8-7-13-4-3-10-11(13)5-9(8)6-12(10)14/h7,9-11H,2-6H2,1H3/t9-,10+,11+/m1/s1. The van der Waals surface area contributed by atoms with E-state index in [9.17, 15) is 4.79 Å². The van der Waals surface area contributed by atoms with Crippen LogP contribution >= 0.6 is 0 Å². The summed E-state index contributed by atoms with van der Waals surface area (Å²) in [5.74, 6) is 1.50. The summed E-state index contributed by atoms with van der Waals surface area (Å²) in [6.45, 7) is 3.32. The van der Waals surface area contributed by atoms with Crippen molar-refractivity contribution in [3.05, 3.63) is 11.8 Å². The maximum atomic E-state index is 11.9. The van der Waals surface area contributed by atoms with Crippen LogP contribution in [0.2, 0.25) is 0 Å². The lowest BCUT2D eigenvalue weighted by atomic mass is 9.73. The summed E-state index contributed by atoms with van der Waals surface area (Å²) >= 11 is 0. The smallest absolute Gasteiger partial charge is 0.138 e. The normalized spacial score (nSPS) is 40.1. The largest absolute Gasteiger partial charge is 0.374 e. The molecule has 76 valence electrons. The van der Waals surface area contributed by atoms with E-state index in [0.29, 0.717) is 23.7 Å². The molecule has 2 bridgehead atoms. The molecule has 0 aromatic carbocycles. The highest BCUT2D eigenvalue weighted by molar-refractivity contribution is 5.84. The molecule has 1 saturated heterocycles. The lowest BCUT2D eigenvalue weighted by Crippen LogP contribution is -2.43. The summed E-state index contributed by atoms with van der Waals surface area (Å²) < 4.78 is 0. The Morgan fingerprint density at radius 2 is 2.43 bits per heavy atom. The van der Waals surface area contributed by atoms with Crippen LogP contribution in [0.5, 0.6) is 0 Å². The van der Waals surface area contributed by atoms with E-state index in [2.05, 4.69) is 18.0 Å². The maximum Gasteiger partial charge on any atom is 0.138 e. The van der Waals surface area contributed by atoms with E-state index in [0.717, 1.165) is 25.8 Å². The molecule has 0 aromatic rings. The molecular formula is C12H17NO. The fraction of sp³-hybridized carbons (Fsp3) is 0.750. The Labute approximate surface area is 85.0 Å². The first-order valence-electron chi connectivity index (χ1n) is 5.78. The summed E-state index contributed by atoms with van der Waals surface area (Å²) in [5.41, 5.74) is 1.51. The van der Waals surface area contributed by atoms with Crippen molar-refractivity contribution in [1.29, 1.82) is 0 Å². The third kappa shape index (κ3) is 0.999. The monoisotopic (exact) mass is 191 g/mol. The van der Waals surface area contributed by atoms with Crippen molar-refractivity contribution in [1.82, 2.24) is 4.90 Å². The molecule has 3 atom stereocenters. The van der Waals surface area contributed by atoms with Gasteiger partial charge in [0.05, 0.1) is 0 Å². The van der Waals surface area contributed by atoms with Gasteiger partial charge >= 0.3 is 0 Å². The summed E-state index contributed by atoms with van der Waals surface area (Å²) in [6.07, 6.45) is 6.64. The van der Waals surface area contributed by atoms with Crippen LogP contribution in [0.1, 0.15) is 32.6 Å². The van der Waals surface area contributed by atoms with Gasteiger partial charge in [-0.15, -0.1) is 0 Å². The van der Waals surface area contributed by atoms with Crippen molar-refractivity contribution in [2.45, 2.75) is 38.6 Å².